The number of anilines is 2. The minimum atomic E-state index is -3.50. The SMILES string of the molecule is Cc1cc(NC(=O)c2ccc(NS(=O)(=O)C(C)(C)C)cc2)cc2ccsc12. The number of carbonyl (C=O) groups is 1. The van der Waals surface area contributed by atoms with Crippen molar-refractivity contribution in [3.8, 4) is 0 Å². The Morgan fingerprint density at radius 3 is 2.30 bits per heavy atom. The Bertz CT molecular complexity index is 1090. The highest BCUT2D eigenvalue weighted by molar-refractivity contribution is 7.94. The van der Waals surface area contributed by atoms with Crippen LogP contribution in [0.5, 0.6) is 0 Å². The molecule has 0 fully saturated rings. The predicted octanol–water partition coefficient (Wildman–Crippen LogP) is 5.00. The monoisotopic (exact) mass is 402 g/mol. The minimum absolute atomic E-state index is 0.241. The van der Waals surface area contributed by atoms with Crippen molar-refractivity contribution >= 4 is 48.7 Å². The number of carbonyl (C=O) groups excluding carboxylic acids is 1. The maximum absolute atomic E-state index is 12.5. The molecular weight excluding hydrogens is 380 g/mol. The fourth-order valence-corrected chi connectivity index (χ4v) is 4.15. The molecule has 0 spiro atoms. The zero-order valence-electron chi connectivity index (χ0n) is 15.7. The van der Waals surface area contributed by atoms with Gasteiger partial charge in [-0.05, 0) is 86.5 Å². The molecule has 7 heteroatoms. The van der Waals surface area contributed by atoms with Crippen molar-refractivity contribution in [1.82, 2.24) is 0 Å². The Morgan fingerprint density at radius 1 is 1.00 bits per heavy atom. The predicted molar refractivity (Wildman–Crippen MR) is 113 cm³/mol. The highest BCUT2D eigenvalue weighted by Crippen LogP contribution is 2.28. The molecule has 5 nitrogen and oxygen atoms in total. The average molecular weight is 403 g/mol. The number of benzene rings is 2. The average Bonchev–Trinajstić information content (AvgIpc) is 3.03. The van der Waals surface area contributed by atoms with Crippen LogP contribution in [-0.2, 0) is 10.0 Å². The Balaban J connectivity index is 1.75. The lowest BCUT2D eigenvalue weighted by atomic mass is 10.1. The molecule has 0 saturated carbocycles. The van der Waals surface area contributed by atoms with Gasteiger partial charge < -0.3 is 5.32 Å². The molecule has 27 heavy (non-hydrogen) atoms. The minimum Gasteiger partial charge on any atom is -0.322 e. The van der Waals surface area contributed by atoms with Gasteiger partial charge in [0.2, 0.25) is 10.0 Å². The molecular formula is C20H22N2O3S2. The van der Waals surface area contributed by atoms with E-state index in [1.165, 1.54) is 4.70 Å². The van der Waals surface area contributed by atoms with Crippen LogP contribution in [0.3, 0.4) is 0 Å². The molecule has 1 amide bonds. The van der Waals surface area contributed by atoms with Gasteiger partial charge in [-0.3, -0.25) is 9.52 Å². The zero-order chi connectivity index (χ0) is 19.8. The summed E-state index contributed by atoms with van der Waals surface area (Å²) in [7, 11) is -3.50. The summed E-state index contributed by atoms with van der Waals surface area (Å²) in [5.74, 6) is -0.241. The van der Waals surface area contributed by atoms with E-state index < -0.39 is 14.8 Å². The Kier molecular flexibility index (Phi) is 5.01. The van der Waals surface area contributed by atoms with Crippen LogP contribution in [0.4, 0.5) is 11.4 Å². The van der Waals surface area contributed by atoms with Crippen LogP contribution in [0.1, 0.15) is 36.7 Å². The van der Waals surface area contributed by atoms with Crippen LogP contribution in [0, 0.1) is 6.92 Å². The van der Waals surface area contributed by atoms with Crippen LogP contribution in [0.15, 0.2) is 47.8 Å². The number of rotatable bonds is 4. The molecule has 0 aliphatic rings. The molecule has 142 valence electrons. The lowest BCUT2D eigenvalue weighted by Crippen LogP contribution is -2.33. The van der Waals surface area contributed by atoms with Crippen LogP contribution < -0.4 is 10.0 Å². The molecule has 0 radical (unpaired) electrons. The van der Waals surface area contributed by atoms with Gasteiger partial charge in [-0.1, -0.05) is 0 Å². The molecule has 0 unspecified atom stereocenters. The largest absolute Gasteiger partial charge is 0.322 e. The molecule has 2 N–H and O–H groups in total. The van der Waals surface area contributed by atoms with Crippen molar-refractivity contribution in [2.75, 3.05) is 10.0 Å². The number of nitrogens with one attached hydrogen (secondary N) is 2. The number of aryl methyl sites for hydroxylation is 1. The number of fused-ring (bicyclic) bond motifs is 1. The summed E-state index contributed by atoms with van der Waals surface area (Å²) in [4.78, 5) is 12.5. The molecule has 0 bridgehead atoms. The van der Waals surface area contributed by atoms with Gasteiger partial charge >= 0.3 is 0 Å². The van der Waals surface area contributed by atoms with E-state index in [-0.39, 0.29) is 5.91 Å². The van der Waals surface area contributed by atoms with Crippen molar-refractivity contribution in [3.05, 3.63) is 59.0 Å². The summed E-state index contributed by atoms with van der Waals surface area (Å²) in [5.41, 5.74) is 2.74. The summed E-state index contributed by atoms with van der Waals surface area (Å²) in [6.45, 7) is 6.90. The van der Waals surface area contributed by atoms with E-state index in [1.54, 1.807) is 56.4 Å². The summed E-state index contributed by atoms with van der Waals surface area (Å²) in [6.07, 6.45) is 0. The van der Waals surface area contributed by atoms with E-state index in [0.29, 0.717) is 11.3 Å². The number of hydrogen-bond acceptors (Lipinski definition) is 4. The van der Waals surface area contributed by atoms with Gasteiger partial charge in [-0.2, -0.15) is 0 Å². The molecule has 2 aromatic carbocycles. The van der Waals surface area contributed by atoms with Gasteiger partial charge in [0, 0.05) is 21.6 Å². The molecule has 0 atom stereocenters. The molecule has 0 saturated heterocycles. The molecule has 3 aromatic rings. The molecule has 1 heterocycles. The van der Waals surface area contributed by atoms with Gasteiger partial charge in [-0.15, -0.1) is 11.3 Å². The number of thiophene rings is 1. The van der Waals surface area contributed by atoms with Crippen LogP contribution >= 0.6 is 11.3 Å². The van der Waals surface area contributed by atoms with E-state index in [2.05, 4.69) is 10.0 Å². The maximum Gasteiger partial charge on any atom is 0.255 e. The molecule has 3 rings (SSSR count). The van der Waals surface area contributed by atoms with Gasteiger partial charge in [-0.25, -0.2) is 8.42 Å². The van der Waals surface area contributed by atoms with Crippen LogP contribution in [0.2, 0.25) is 0 Å². The Hall–Kier alpha value is -2.38. The van der Waals surface area contributed by atoms with Crippen molar-refractivity contribution in [3.63, 3.8) is 0 Å². The number of hydrogen-bond donors (Lipinski definition) is 2. The summed E-state index contributed by atoms with van der Waals surface area (Å²) in [6, 6.07) is 12.3. The quantitative estimate of drug-likeness (QED) is 0.645. The van der Waals surface area contributed by atoms with Crippen molar-refractivity contribution in [2.45, 2.75) is 32.4 Å². The lowest BCUT2D eigenvalue weighted by Gasteiger charge is -2.20. The maximum atomic E-state index is 12.5. The first-order valence-electron chi connectivity index (χ1n) is 8.48. The van der Waals surface area contributed by atoms with E-state index in [0.717, 1.165) is 16.6 Å². The first kappa shape index (κ1) is 19.4. The second kappa shape index (κ2) is 6.98. The first-order valence-corrected chi connectivity index (χ1v) is 10.8. The molecule has 0 aliphatic heterocycles. The summed E-state index contributed by atoms with van der Waals surface area (Å²) in [5, 5.41) is 6.03. The normalized spacial score (nSPS) is 12.1. The van der Waals surface area contributed by atoms with E-state index in [4.69, 9.17) is 0 Å². The van der Waals surface area contributed by atoms with Gasteiger partial charge in [0.15, 0.2) is 0 Å². The highest BCUT2D eigenvalue weighted by Gasteiger charge is 2.28. The van der Waals surface area contributed by atoms with Crippen molar-refractivity contribution in [2.24, 2.45) is 0 Å². The van der Waals surface area contributed by atoms with E-state index >= 15 is 0 Å². The smallest absolute Gasteiger partial charge is 0.255 e. The Labute approximate surface area is 163 Å². The van der Waals surface area contributed by atoms with Crippen molar-refractivity contribution in [1.29, 1.82) is 0 Å². The number of sulfonamides is 1. The lowest BCUT2D eigenvalue weighted by molar-refractivity contribution is 0.102. The highest BCUT2D eigenvalue weighted by atomic mass is 32.2. The summed E-state index contributed by atoms with van der Waals surface area (Å²) < 4.78 is 27.3. The molecule has 1 aromatic heterocycles. The van der Waals surface area contributed by atoms with Crippen LogP contribution in [-0.4, -0.2) is 19.1 Å². The van der Waals surface area contributed by atoms with E-state index in [9.17, 15) is 13.2 Å². The zero-order valence-corrected chi connectivity index (χ0v) is 17.3. The van der Waals surface area contributed by atoms with Crippen molar-refractivity contribution < 1.29 is 13.2 Å². The standard InChI is InChI=1S/C20H22N2O3S2/c1-13-11-17(12-15-9-10-26-18(13)15)21-19(23)14-5-7-16(8-6-14)22-27(24,25)20(2,3)4/h5-12,22H,1-4H3,(H,21,23). The second-order valence-corrected chi connectivity index (χ2v) is 10.7. The van der Waals surface area contributed by atoms with Crippen LogP contribution in [0.25, 0.3) is 10.1 Å². The first-order chi connectivity index (χ1) is 12.6. The fraction of sp³-hybridized carbons (Fsp3) is 0.250. The molecule has 0 aliphatic carbocycles. The second-order valence-electron chi connectivity index (χ2n) is 7.38. The Morgan fingerprint density at radius 2 is 1.67 bits per heavy atom. The third-order valence-corrected chi connectivity index (χ3v) is 7.38. The third-order valence-electron chi connectivity index (χ3n) is 4.20. The van der Waals surface area contributed by atoms with Gasteiger partial charge in [0.05, 0.1) is 4.75 Å². The van der Waals surface area contributed by atoms with Gasteiger partial charge in [0.1, 0.15) is 0 Å². The van der Waals surface area contributed by atoms with E-state index in [1.807, 2.05) is 30.5 Å². The topological polar surface area (TPSA) is 75.3 Å². The fourth-order valence-electron chi connectivity index (χ4n) is 2.53. The summed E-state index contributed by atoms with van der Waals surface area (Å²) >= 11 is 1.68. The number of amides is 1. The van der Waals surface area contributed by atoms with Gasteiger partial charge in [0.25, 0.3) is 5.91 Å². The third kappa shape index (κ3) is 4.14.